The zero-order valence-electron chi connectivity index (χ0n) is 12.8. The third-order valence-electron chi connectivity index (χ3n) is 3.23. The Morgan fingerprint density at radius 3 is 2.86 bits per heavy atom. The van der Waals surface area contributed by atoms with Crippen molar-refractivity contribution in [3.8, 4) is 5.75 Å². The summed E-state index contributed by atoms with van der Waals surface area (Å²) in [6, 6.07) is 7.69. The molecule has 1 amide bonds. The van der Waals surface area contributed by atoms with Crippen LogP contribution in [0, 0.1) is 0 Å². The van der Waals surface area contributed by atoms with Crippen molar-refractivity contribution in [2.45, 2.75) is 35.9 Å². The summed E-state index contributed by atoms with van der Waals surface area (Å²) in [5.41, 5.74) is 2.66. The highest BCUT2D eigenvalue weighted by Crippen LogP contribution is 2.28. The highest BCUT2D eigenvalue weighted by molar-refractivity contribution is 8.02. The first-order valence-corrected chi connectivity index (χ1v) is 8.77. The van der Waals surface area contributed by atoms with E-state index in [0.717, 1.165) is 22.1 Å². The van der Waals surface area contributed by atoms with Gasteiger partial charge in [0.1, 0.15) is 11.3 Å². The number of benzene rings is 1. The van der Waals surface area contributed by atoms with Gasteiger partial charge in [-0.05, 0) is 19.4 Å². The minimum Gasteiger partial charge on any atom is -0.496 e. The molecular formula is C15H19N3O2S2. The Morgan fingerprint density at radius 2 is 2.23 bits per heavy atom. The summed E-state index contributed by atoms with van der Waals surface area (Å²) >= 11 is 2.85. The fraction of sp³-hybridized carbons (Fsp3) is 0.400. The zero-order valence-corrected chi connectivity index (χ0v) is 14.4. The van der Waals surface area contributed by atoms with E-state index in [1.807, 2.05) is 38.1 Å². The number of nitrogens with zero attached hydrogens (tertiary/aromatic N) is 2. The lowest BCUT2D eigenvalue weighted by atomic mass is 10.0. The molecule has 2 aromatic rings. The van der Waals surface area contributed by atoms with Crippen LogP contribution in [0.25, 0.3) is 0 Å². The van der Waals surface area contributed by atoms with Gasteiger partial charge in [0.05, 0.1) is 18.4 Å². The van der Waals surface area contributed by atoms with E-state index in [-0.39, 0.29) is 17.2 Å². The molecule has 0 radical (unpaired) electrons. The standard InChI is InChI=1S/C15H19N3O2S2/c1-4-12(11-7-5-6-8-13(11)20-3)17-14(19)10(2)22-15-18-16-9-21-15/h5-10,12H,4H2,1-3H3,(H,17,19)/t10-,12+/m0/s1. The summed E-state index contributed by atoms with van der Waals surface area (Å²) in [6.45, 7) is 3.91. The van der Waals surface area contributed by atoms with Gasteiger partial charge in [-0.15, -0.1) is 10.2 Å². The molecule has 0 bridgehead atoms. The second-order valence-corrected chi connectivity index (χ2v) is 7.10. The number of hydrogen-bond acceptors (Lipinski definition) is 6. The van der Waals surface area contributed by atoms with Crippen molar-refractivity contribution in [2.75, 3.05) is 7.11 Å². The van der Waals surface area contributed by atoms with Gasteiger partial charge >= 0.3 is 0 Å². The molecule has 0 fully saturated rings. The van der Waals surface area contributed by atoms with E-state index >= 15 is 0 Å². The average molecular weight is 337 g/mol. The number of carbonyl (C=O) groups excluding carboxylic acids is 1. The number of amides is 1. The number of methoxy groups -OCH3 is 1. The van der Waals surface area contributed by atoms with Crippen molar-refractivity contribution < 1.29 is 9.53 Å². The van der Waals surface area contributed by atoms with Crippen LogP contribution >= 0.6 is 23.1 Å². The topological polar surface area (TPSA) is 64.1 Å². The second kappa shape index (κ2) is 8.14. The predicted molar refractivity (Wildman–Crippen MR) is 89.4 cm³/mol. The van der Waals surface area contributed by atoms with Gasteiger partial charge in [0.25, 0.3) is 0 Å². The highest BCUT2D eigenvalue weighted by Gasteiger charge is 2.21. The first-order chi connectivity index (χ1) is 10.7. The van der Waals surface area contributed by atoms with Gasteiger partial charge in [0.15, 0.2) is 4.34 Å². The molecule has 1 N–H and O–H groups in total. The Labute approximate surface area is 138 Å². The normalized spacial score (nSPS) is 13.4. The Bertz CT molecular complexity index is 605. The molecule has 22 heavy (non-hydrogen) atoms. The molecule has 1 heterocycles. The van der Waals surface area contributed by atoms with E-state index in [1.54, 1.807) is 12.6 Å². The Hall–Kier alpha value is -1.60. The van der Waals surface area contributed by atoms with E-state index in [0.29, 0.717) is 0 Å². The van der Waals surface area contributed by atoms with Gasteiger partial charge in [-0.3, -0.25) is 4.79 Å². The SMILES string of the molecule is CC[C@@H](NC(=O)[C@H](C)Sc1nncs1)c1ccccc1OC. The Kier molecular flexibility index (Phi) is 6.21. The average Bonchev–Trinajstić information content (AvgIpc) is 3.05. The maximum Gasteiger partial charge on any atom is 0.233 e. The molecule has 2 rings (SSSR count). The molecule has 0 unspecified atom stereocenters. The first-order valence-electron chi connectivity index (χ1n) is 7.01. The van der Waals surface area contributed by atoms with Crippen LogP contribution in [-0.2, 0) is 4.79 Å². The van der Waals surface area contributed by atoms with Crippen molar-refractivity contribution in [3.63, 3.8) is 0 Å². The van der Waals surface area contributed by atoms with Crippen LogP contribution in [0.15, 0.2) is 34.1 Å². The van der Waals surface area contributed by atoms with E-state index in [1.165, 1.54) is 23.1 Å². The van der Waals surface area contributed by atoms with Gasteiger partial charge in [0.2, 0.25) is 5.91 Å². The molecule has 0 aliphatic rings. The summed E-state index contributed by atoms with van der Waals surface area (Å²) in [7, 11) is 1.64. The fourth-order valence-corrected chi connectivity index (χ4v) is 3.70. The van der Waals surface area contributed by atoms with Crippen molar-refractivity contribution in [1.82, 2.24) is 15.5 Å². The third kappa shape index (κ3) is 4.20. The van der Waals surface area contributed by atoms with Crippen LogP contribution < -0.4 is 10.1 Å². The minimum absolute atomic E-state index is 0.0158. The van der Waals surface area contributed by atoms with Crippen LogP contribution in [0.1, 0.15) is 31.9 Å². The first kappa shape index (κ1) is 16.8. The molecule has 1 aromatic carbocycles. The molecule has 0 saturated heterocycles. The van der Waals surface area contributed by atoms with Crippen molar-refractivity contribution in [1.29, 1.82) is 0 Å². The summed E-state index contributed by atoms with van der Waals surface area (Å²) in [5, 5.41) is 10.6. The molecule has 118 valence electrons. The van der Waals surface area contributed by atoms with Crippen molar-refractivity contribution >= 4 is 29.0 Å². The molecule has 2 atom stereocenters. The van der Waals surface area contributed by atoms with Crippen LogP contribution in [0.3, 0.4) is 0 Å². The number of aromatic nitrogens is 2. The molecule has 1 aromatic heterocycles. The molecule has 0 aliphatic carbocycles. The molecule has 0 saturated carbocycles. The summed E-state index contributed by atoms with van der Waals surface area (Å²) in [5.74, 6) is 0.775. The second-order valence-electron chi connectivity index (χ2n) is 4.68. The molecular weight excluding hydrogens is 318 g/mol. The lowest BCUT2D eigenvalue weighted by Gasteiger charge is -2.21. The number of thioether (sulfide) groups is 1. The number of nitrogens with one attached hydrogen (secondary N) is 1. The van der Waals surface area contributed by atoms with Gasteiger partial charge in [0, 0.05) is 5.56 Å². The Morgan fingerprint density at radius 1 is 1.45 bits per heavy atom. The summed E-state index contributed by atoms with van der Waals surface area (Å²) in [4.78, 5) is 12.4. The van der Waals surface area contributed by atoms with Gasteiger partial charge in [-0.1, -0.05) is 48.2 Å². The van der Waals surface area contributed by atoms with Crippen molar-refractivity contribution in [3.05, 3.63) is 35.3 Å². The van der Waals surface area contributed by atoms with E-state index in [4.69, 9.17) is 4.74 Å². The number of para-hydroxylation sites is 1. The maximum atomic E-state index is 12.4. The zero-order chi connectivity index (χ0) is 15.9. The molecule has 7 heteroatoms. The number of rotatable bonds is 7. The minimum atomic E-state index is -0.225. The van der Waals surface area contributed by atoms with Crippen LogP contribution in [0.5, 0.6) is 5.75 Å². The van der Waals surface area contributed by atoms with Crippen LogP contribution in [0.4, 0.5) is 0 Å². The van der Waals surface area contributed by atoms with Gasteiger partial charge < -0.3 is 10.1 Å². The predicted octanol–water partition coefficient (Wildman–Crippen LogP) is 3.29. The van der Waals surface area contributed by atoms with E-state index < -0.39 is 0 Å². The quantitative estimate of drug-likeness (QED) is 0.786. The van der Waals surface area contributed by atoms with Gasteiger partial charge in [-0.25, -0.2) is 0 Å². The molecule has 0 aliphatic heterocycles. The van der Waals surface area contributed by atoms with Crippen LogP contribution in [-0.4, -0.2) is 28.5 Å². The summed E-state index contributed by atoms with van der Waals surface area (Å²) in [6.07, 6.45) is 0.794. The lowest BCUT2D eigenvalue weighted by molar-refractivity contribution is -0.121. The lowest BCUT2D eigenvalue weighted by Crippen LogP contribution is -2.34. The van der Waals surface area contributed by atoms with Gasteiger partial charge in [-0.2, -0.15) is 0 Å². The number of hydrogen-bond donors (Lipinski definition) is 1. The molecule has 5 nitrogen and oxygen atoms in total. The third-order valence-corrected chi connectivity index (χ3v) is 5.14. The highest BCUT2D eigenvalue weighted by atomic mass is 32.2. The monoisotopic (exact) mass is 337 g/mol. The smallest absolute Gasteiger partial charge is 0.233 e. The Balaban J connectivity index is 2.04. The fourth-order valence-electron chi connectivity index (χ4n) is 2.06. The number of ether oxygens (including phenoxy) is 1. The number of carbonyl (C=O) groups is 1. The summed E-state index contributed by atoms with van der Waals surface area (Å²) < 4.78 is 6.18. The van der Waals surface area contributed by atoms with E-state index in [2.05, 4.69) is 15.5 Å². The maximum absolute atomic E-state index is 12.4. The van der Waals surface area contributed by atoms with Crippen molar-refractivity contribution in [2.24, 2.45) is 0 Å². The molecule has 0 spiro atoms. The van der Waals surface area contributed by atoms with E-state index in [9.17, 15) is 4.79 Å². The van der Waals surface area contributed by atoms with Crippen LogP contribution in [0.2, 0.25) is 0 Å². The largest absolute Gasteiger partial charge is 0.496 e.